The average Bonchev–Trinajstić information content (AvgIpc) is 2.69. The molecule has 0 atom stereocenters. The van der Waals surface area contributed by atoms with Gasteiger partial charge in [0.1, 0.15) is 0 Å². The second kappa shape index (κ2) is 22.7. The van der Waals surface area contributed by atoms with Crippen LogP contribution in [-0.4, -0.2) is 37.1 Å². The van der Waals surface area contributed by atoms with Gasteiger partial charge in [-0.1, -0.05) is 111 Å². The molecule has 0 radical (unpaired) electrons. The SMILES string of the molecule is CCCCCCCCCN(CCCCCCCCC)CC(=O)OCCCCC. The third-order valence-electron chi connectivity index (χ3n) is 5.52. The topological polar surface area (TPSA) is 29.5 Å². The van der Waals surface area contributed by atoms with Crippen LogP contribution in [-0.2, 0) is 9.53 Å². The summed E-state index contributed by atoms with van der Waals surface area (Å²) >= 11 is 0. The number of nitrogens with zero attached hydrogens (tertiary/aromatic N) is 1. The lowest BCUT2D eigenvalue weighted by atomic mass is 10.1. The van der Waals surface area contributed by atoms with Gasteiger partial charge in [-0.15, -0.1) is 0 Å². The van der Waals surface area contributed by atoms with E-state index in [4.69, 9.17) is 4.74 Å². The van der Waals surface area contributed by atoms with Crippen molar-refractivity contribution in [2.75, 3.05) is 26.2 Å². The first-order valence-electron chi connectivity index (χ1n) is 12.6. The third-order valence-corrected chi connectivity index (χ3v) is 5.52. The summed E-state index contributed by atoms with van der Waals surface area (Å²) in [4.78, 5) is 14.5. The van der Waals surface area contributed by atoms with Gasteiger partial charge in [0.05, 0.1) is 13.2 Å². The smallest absolute Gasteiger partial charge is 0.320 e. The number of rotatable bonds is 22. The summed E-state index contributed by atoms with van der Waals surface area (Å²) in [5.41, 5.74) is 0. The summed E-state index contributed by atoms with van der Waals surface area (Å²) in [6, 6.07) is 0. The normalized spacial score (nSPS) is 11.3. The molecule has 0 spiro atoms. The van der Waals surface area contributed by atoms with E-state index in [2.05, 4.69) is 25.7 Å². The molecule has 0 fully saturated rings. The van der Waals surface area contributed by atoms with Gasteiger partial charge in [-0.3, -0.25) is 9.69 Å². The predicted molar refractivity (Wildman–Crippen MR) is 123 cm³/mol. The quantitative estimate of drug-likeness (QED) is 0.140. The Morgan fingerprint density at radius 2 is 0.964 bits per heavy atom. The van der Waals surface area contributed by atoms with Crippen molar-refractivity contribution in [1.82, 2.24) is 4.90 Å². The van der Waals surface area contributed by atoms with Crippen LogP contribution in [0.25, 0.3) is 0 Å². The van der Waals surface area contributed by atoms with Crippen LogP contribution in [0.5, 0.6) is 0 Å². The molecule has 0 aliphatic rings. The van der Waals surface area contributed by atoms with Crippen LogP contribution in [0.4, 0.5) is 0 Å². The van der Waals surface area contributed by atoms with Crippen molar-refractivity contribution in [1.29, 1.82) is 0 Å². The third kappa shape index (κ3) is 20.2. The van der Waals surface area contributed by atoms with E-state index in [0.29, 0.717) is 13.2 Å². The van der Waals surface area contributed by atoms with Gasteiger partial charge >= 0.3 is 5.97 Å². The summed E-state index contributed by atoms with van der Waals surface area (Å²) < 4.78 is 5.44. The van der Waals surface area contributed by atoms with Gasteiger partial charge in [0.2, 0.25) is 0 Å². The lowest BCUT2D eigenvalue weighted by molar-refractivity contribution is -0.145. The fraction of sp³-hybridized carbons (Fsp3) is 0.960. The predicted octanol–water partition coefficient (Wildman–Crippen LogP) is 7.52. The molecule has 0 rings (SSSR count). The molecular weight excluding hydrogens is 346 g/mol. The highest BCUT2D eigenvalue weighted by molar-refractivity contribution is 5.71. The van der Waals surface area contributed by atoms with Gasteiger partial charge in [-0.05, 0) is 32.4 Å². The van der Waals surface area contributed by atoms with Crippen LogP contribution in [0.15, 0.2) is 0 Å². The zero-order chi connectivity index (χ0) is 20.7. The molecule has 0 aliphatic carbocycles. The zero-order valence-corrected chi connectivity index (χ0v) is 19.6. The molecule has 3 heteroatoms. The second-order valence-electron chi connectivity index (χ2n) is 8.45. The first-order valence-corrected chi connectivity index (χ1v) is 12.6. The molecule has 0 aliphatic heterocycles. The Bertz CT molecular complexity index is 302. The monoisotopic (exact) mass is 397 g/mol. The fourth-order valence-corrected chi connectivity index (χ4v) is 3.62. The maximum absolute atomic E-state index is 12.2. The summed E-state index contributed by atoms with van der Waals surface area (Å²) in [5, 5.41) is 0. The van der Waals surface area contributed by atoms with E-state index in [1.807, 2.05) is 0 Å². The van der Waals surface area contributed by atoms with Gasteiger partial charge in [-0.2, -0.15) is 0 Å². The maximum atomic E-state index is 12.2. The largest absolute Gasteiger partial charge is 0.465 e. The van der Waals surface area contributed by atoms with E-state index in [1.54, 1.807) is 0 Å². The molecule has 0 bridgehead atoms. The molecule has 0 amide bonds. The van der Waals surface area contributed by atoms with Crippen LogP contribution in [0.3, 0.4) is 0 Å². The summed E-state index contributed by atoms with van der Waals surface area (Å²) in [7, 11) is 0. The first-order chi connectivity index (χ1) is 13.7. The van der Waals surface area contributed by atoms with Crippen molar-refractivity contribution in [2.45, 2.75) is 130 Å². The molecule has 0 aromatic rings. The number of ether oxygens (including phenoxy) is 1. The summed E-state index contributed by atoms with van der Waals surface area (Å²) in [5.74, 6) is -0.0259. The van der Waals surface area contributed by atoms with E-state index in [0.717, 1.165) is 25.9 Å². The van der Waals surface area contributed by atoms with E-state index in [-0.39, 0.29) is 5.97 Å². The Balaban J connectivity index is 3.99. The van der Waals surface area contributed by atoms with Gasteiger partial charge < -0.3 is 4.74 Å². The molecule has 0 aromatic carbocycles. The minimum Gasteiger partial charge on any atom is -0.465 e. The van der Waals surface area contributed by atoms with Crippen molar-refractivity contribution in [3.8, 4) is 0 Å². The number of unbranched alkanes of at least 4 members (excludes halogenated alkanes) is 14. The minimum absolute atomic E-state index is 0.0259. The Hall–Kier alpha value is -0.570. The minimum atomic E-state index is -0.0259. The molecule has 0 saturated carbocycles. The molecule has 0 saturated heterocycles. The van der Waals surface area contributed by atoms with E-state index in [9.17, 15) is 4.79 Å². The number of hydrogen-bond donors (Lipinski definition) is 0. The average molecular weight is 398 g/mol. The molecule has 0 unspecified atom stereocenters. The fourth-order valence-electron chi connectivity index (χ4n) is 3.62. The molecule has 3 nitrogen and oxygen atoms in total. The number of carbonyl (C=O) groups excluding carboxylic acids is 1. The van der Waals surface area contributed by atoms with Crippen LogP contribution in [0.1, 0.15) is 130 Å². The molecular formula is C25H51NO2. The lowest BCUT2D eigenvalue weighted by Gasteiger charge is -2.21. The number of carbonyl (C=O) groups is 1. The van der Waals surface area contributed by atoms with E-state index < -0.39 is 0 Å². The highest BCUT2D eigenvalue weighted by atomic mass is 16.5. The Morgan fingerprint density at radius 1 is 0.571 bits per heavy atom. The summed E-state index contributed by atoms with van der Waals surface area (Å²) in [6.45, 7) is 9.88. The lowest BCUT2D eigenvalue weighted by Crippen LogP contribution is -2.33. The maximum Gasteiger partial charge on any atom is 0.320 e. The highest BCUT2D eigenvalue weighted by Gasteiger charge is 2.11. The van der Waals surface area contributed by atoms with Crippen molar-refractivity contribution >= 4 is 5.97 Å². The van der Waals surface area contributed by atoms with Crippen LogP contribution >= 0.6 is 0 Å². The van der Waals surface area contributed by atoms with Gasteiger partial charge in [0.25, 0.3) is 0 Å². The van der Waals surface area contributed by atoms with Crippen molar-refractivity contribution < 1.29 is 9.53 Å². The Morgan fingerprint density at radius 3 is 1.43 bits per heavy atom. The molecule has 0 aromatic heterocycles. The van der Waals surface area contributed by atoms with Gasteiger partial charge in [-0.25, -0.2) is 0 Å². The second-order valence-corrected chi connectivity index (χ2v) is 8.45. The standard InChI is InChI=1S/C25H51NO2/c1-4-7-10-12-14-16-18-21-26(22-19-17-15-13-11-8-5-2)24-25(27)28-23-20-9-6-3/h4-24H2,1-3H3. The van der Waals surface area contributed by atoms with Crippen LogP contribution in [0.2, 0.25) is 0 Å². The molecule has 168 valence electrons. The van der Waals surface area contributed by atoms with Crippen LogP contribution < -0.4 is 0 Å². The molecule has 0 heterocycles. The Kier molecular flexibility index (Phi) is 22.3. The van der Waals surface area contributed by atoms with Gasteiger partial charge in [0, 0.05) is 0 Å². The van der Waals surface area contributed by atoms with Crippen molar-refractivity contribution in [2.24, 2.45) is 0 Å². The highest BCUT2D eigenvalue weighted by Crippen LogP contribution is 2.10. The van der Waals surface area contributed by atoms with E-state index >= 15 is 0 Å². The number of hydrogen-bond acceptors (Lipinski definition) is 3. The number of esters is 1. The van der Waals surface area contributed by atoms with Crippen LogP contribution in [0, 0.1) is 0 Å². The molecule has 28 heavy (non-hydrogen) atoms. The Labute approximate surface area is 177 Å². The van der Waals surface area contributed by atoms with Gasteiger partial charge in [0.15, 0.2) is 0 Å². The van der Waals surface area contributed by atoms with E-state index in [1.165, 1.54) is 96.3 Å². The zero-order valence-electron chi connectivity index (χ0n) is 19.6. The van der Waals surface area contributed by atoms with Crippen molar-refractivity contribution in [3.05, 3.63) is 0 Å². The summed E-state index contributed by atoms with van der Waals surface area (Å²) in [6.07, 6.45) is 21.9. The first kappa shape index (κ1) is 27.4. The molecule has 0 N–H and O–H groups in total. The van der Waals surface area contributed by atoms with Crippen molar-refractivity contribution in [3.63, 3.8) is 0 Å².